The Morgan fingerprint density at radius 1 is 0.714 bits per heavy atom. The van der Waals surface area contributed by atoms with Crippen molar-refractivity contribution >= 4 is 69.6 Å². The smallest absolute Gasteiger partial charge is 0.234 e. The summed E-state index contributed by atoms with van der Waals surface area (Å²) < 4.78 is -3.25. The zero-order valence-corrected chi connectivity index (χ0v) is 10.9. The molecule has 0 amide bonds. The van der Waals surface area contributed by atoms with E-state index in [1.807, 2.05) is 0 Å². The predicted molar refractivity (Wildman–Crippen MR) is 60.5 cm³/mol. The Balaban J connectivity index is 3.02. The highest BCUT2D eigenvalue weighted by Crippen LogP contribution is 2.39. The van der Waals surface area contributed by atoms with E-state index < -0.39 is 7.59 Å². The Morgan fingerprint density at radius 3 is 1.14 bits per heavy atom. The van der Waals surface area contributed by atoms with Crippen LogP contribution in [0, 0.1) is 0 Å². The van der Waals surface area contributed by atoms with Crippen LogP contribution in [-0.2, 0) is 7.59 Å². The maximum atomic E-state index is 5.55. The Bertz CT molecular complexity index is 278. The minimum absolute atomic E-state index is 0.167. The first-order valence-corrected chi connectivity index (χ1v) is 5.44. The summed E-state index contributed by atoms with van der Waals surface area (Å²) in [6.07, 6.45) is 2.48. The number of hydrogen-bond donors (Lipinski definition) is 0. The van der Waals surface area contributed by atoms with Crippen molar-refractivity contribution < 1.29 is 0 Å². The van der Waals surface area contributed by atoms with Crippen LogP contribution in [0.4, 0.5) is 0 Å². The Labute approximate surface area is 110 Å². The second-order valence-electron chi connectivity index (χ2n) is 2.28. The lowest BCUT2D eigenvalue weighted by atomic mass is 10.4. The van der Waals surface area contributed by atoms with Gasteiger partial charge in [0.25, 0.3) is 0 Å². The minimum atomic E-state index is -1.63. The minimum Gasteiger partial charge on any atom is -0.253 e. The van der Waals surface area contributed by atoms with E-state index in [0.717, 1.165) is 0 Å². The largest absolute Gasteiger partial charge is 0.253 e. The van der Waals surface area contributed by atoms with E-state index >= 15 is 0 Å². The second kappa shape index (κ2) is 4.36. The van der Waals surface area contributed by atoms with Crippen LogP contribution >= 0.6 is 69.6 Å². The van der Waals surface area contributed by atoms with E-state index in [9.17, 15) is 0 Å². The quantitative estimate of drug-likeness (QED) is 0.673. The summed E-state index contributed by atoms with van der Waals surface area (Å²) in [5, 5.41) is 0. The van der Waals surface area contributed by atoms with Crippen molar-refractivity contribution in [3.8, 4) is 0 Å². The van der Waals surface area contributed by atoms with E-state index in [2.05, 4.69) is 9.97 Å². The molecule has 1 aromatic heterocycles. The molecule has 0 unspecified atom stereocenters. The van der Waals surface area contributed by atoms with Gasteiger partial charge < -0.3 is 0 Å². The summed E-state index contributed by atoms with van der Waals surface area (Å²) in [7, 11) is 0. The van der Waals surface area contributed by atoms with Crippen LogP contribution in [0.25, 0.3) is 0 Å². The first kappa shape index (κ1) is 12.9. The van der Waals surface area contributed by atoms with Gasteiger partial charge in [-0.15, -0.1) is 0 Å². The van der Waals surface area contributed by atoms with Crippen LogP contribution < -0.4 is 0 Å². The van der Waals surface area contributed by atoms with Gasteiger partial charge in [-0.3, -0.25) is 9.97 Å². The molecule has 0 aliphatic rings. The third-order valence-corrected chi connectivity index (χ3v) is 2.39. The Kier molecular flexibility index (Phi) is 4.02. The third-order valence-electron chi connectivity index (χ3n) is 1.23. The van der Waals surface area contributed by atoms with Gasteiger partial charge in [0.15, 0.2) is 0 Å². The third kappa shape index (κ3) is 3.44. The summed E-state index contributed by atoms with van der Waals surface area (Å²) in [5.41, 5.74) is 0.334. The monoisotopic (exact) mass is 312 g/mol. The molecule has 0 saturated heterocycles. The van der Waals surface area contributed by atoms with E-state index in [1.54, 1.807) is 0 Å². The first-order valence-electron chi connectivity index (χ1n) is 3.17. The molecule has 0 fully saturated rings. The molecule has 0 radical (unpaired) electrons. The molecular formula is C6H2Cl6N2. The van der Waals surface area contributed by atoms with Gasteiger partial charge in [0, 0.05) is 0 Å². The first-order chi connectivity index (χ1) is 6.21. The molecule has 0 aliphatic heterocycles. The molecule has 1 rings (SSSR count). The van der Waals surface area contributed by atoms with Gasteiger partial charge in [-0.2, -0.15) is 0 Å². The van der Waals surface area contributed by atoms with Crippen molar-refractivity contribution in [2.45, 2.75) is 7.59 Å². The van der Waals surface area contributed by atoms with Gasteiger partial charge in [0.05, 0.1) is 12.4 Å². The molecule has 1 heterocycles. The van der Waals surface area contributed by atoms with Gasteiger partial charge >= 0.3 is 0 Å². The summed E-state index contributed by atoms with van der Waals surface area (Å²) >= 11 is 33.3. The highest BCUT2D eigenvalue weighted by atomic mass is 35.6. The lowest BCUT2D eigenvalue weighted by Gasteiger charge is -2.12. The molecule has 0 aliphatic carbocycles. The Morgan fingerprint density at radius 2 is 1.00 bits per heavy atom. The lowest BCUT2D eigenvalue weighted by Crippen LogP contribution is -2.09. The number of aromatic nitrogens is 2. The number of nitrogens with zero attached hydrogens (tertiary/aromatic N) is 2. The van der Waals surface area contributed by atoms with E-state index in [1.165, 1.54) is 12.4 Å². The zero-order chi connectivity index (χ0) is 11.0. The lowest BCUT2D eigenvalue weighted by molar-refractivity contribution is 0.968. The maximum Gasteiger partial charge on any atom is 0.234 e. The van der Waals surface area contributed by atoms with Crippen LogP contribution in [0.5, 0.6) is 0 Å². The van der Waals surface area contributed by atoms with Gasteiger partial charge in [0.1, 0.15) is 11.4 Å². The molecule has 0 aromatic carbocycles. The molecule has 14 heavy (non-hydrogen) atoms. The molecule has 0 saturated carbocycles. The molecule has 0 spiro atoms. The molecule has 2 nitrogen and oxygen atoms in total. The van der Waals surface area contributed by atoms with Crippen molar-refractivity contribution in [2.75, 3.05) is 0 Å². The number of halogens is 6. The zero-order valence-electron chi connectivity index (χ0n) is 6.32. The molecule has 78 valence electrons. The van der Waals surface area contributed by atoms with Crippen molar-refractivity contribution in [3.63, 3.8) is 0 Å². The van der Waals surface area contributed by atoms with E-state index in [4.69, 9.17) is 69.6 Å². The average Bonchev–Trinajstić information content (AvgIpc) is 2.01. The fourth-order valence-corrected chi connectivity index (χ4v) is 1.21. The number of hydrogen-bond acceptors (Lipinski definition) is 2. The topological polar surface area (TPSA) is 25.8 Å². The van der Waals surface area contributed by atoms with Crippen molar-refractivity contribution in [3.05, 3.63) is 23.8 Å². The van der Waals surface area contributed by atoms with E-state index in [0.29, 0.717) is 0 Å². The van der Waals surface area contributed by atoms with E-state index in [-0.39, 0.29) is 11.4 Å². The second-order valence-corrected chi connectivity index (χ2v) is 6.84. The van der Waals surface area contributed by atoms with Gasteiger partial charge in [0.2, 0.25) is 7.59 Å². The maximum absolute atomic E-state index is 5.55. The fraction of sp³-hybridized carbons (Fsp3) is 0.333. The van der Waals surface area contributed by atoms with Crippen molar-refractivity contribution in [2.24, 2.45) is 0 Å². The average molecular weight is 315 g/mol. The van der Waals surface area contributed by atoms with Crippen LogP contribution in [0.3, 0.4) is 0 Å². The molecular weight excluding hydrogens is 313 g/mol. The SMILES string of the molecule is ClC(Cl)(Cl)c1cnc(C(Cl)(Cl)Cl)cn1. The van der Waals surface area contributed by atoms with Crippen molar-refractivity contribution in [1.29, 1.82) is 0 Å². The standard InChI is InChI=1S/C6H2Cl6N2/c7-5(8,9)3-1-13-4(2-14-3)6(10,11)12/h1-2H. The summed E-state index contributed by atoms with van der Waals surface area (Å²) in [5.74, 6) is 0. The summed E-state index contributed by atoms with van der Waals surface area (Å²) in [4.78, 5) is 7.61. The molecule has 8 heteroatoms. The normalized spacial score (nSPS) is 13.0. The number of rotatable bonds is 0. The van der Waals surface area contributed by atoms with Crippen LogP contribution in [-0.4, -0.2) is 9.97 Å². The highest BCUT2D eigenvalue weighted by molar-refractivity contribution is 6.67. The summed E-state index contributed by atoms with van der Waals surface area (Å²) in [6.45, 7) is 0. The van der Waals surface area contributed by atoms with Crippen LogP contribution in [0.2, 0.25) is 0 Å². The number of alkyl halides is 6. The molecule has 0 N–H and O–H groups in total. The predicted octanol–water partition coefficient (Wildman–Crippen LogP) is 4.13. The van der Waals surface area contributed by atoms with Gasteiger partial charge in [-0.1, -0.05) is 69.6 Å². The molecule has 0 atom stereocenters. The summed E-state index contributed by atoms with van der Waals surface area (Å²) in [6, 6.07) is 0. The van der Waals surface area contributed by atoms with Gasteiger partial charge in [-0.25, -0.2) is 0 Å². The van der Waals surface area contributed by atoms with Crippen LogP contribution in [0.1, 0.15) is 11.4 Å². The fourth-order valence-electron chi connectivity index (χ4n) is 0.621. The van der Waals surface area contributed by atoms with Crippen LogP contribution in [0.15, 0.2) is 12.4 Å². The van der Waals surface area contributed by atoms with Crippen molar-refractivity contribution in [1.82, 2.24) is 9.97 Å². The molecule has 0 bridgehead atoms. The Hall–Kier alpha value is 0.820. The van der Waals surface area contributed by atoms with Gasteiger partial charge in [-0.05, 0) is 0 Å². The molecule has 1 aromatic rings. The highest BCUT2D eigenvalue weighted by Gasteiger charge is 2.28.